The summed E-state index contributed by atoms with van der Waals surface area (Å²) in [6, 6.07) is 3.82. The van der Waals surface area contributed by atoms with E-state index in [1.807, 2.05) is 19.1 Å². The average Bonchev–Trinajstić information content (AvgIpc) is 3.18. The number of aryl methyl sites for hydroxylation is 1. The first kappa shape index (κ1) is 16.1. The summed E-state index contributed by atoms with van der Waals surface area (Å²) >= 11 is 0. The zero-order valence-electron chi connectivity index (χ0n) is 14.0. The molecule has 0 saturated carbocycles. The lowest BCUT2D eigenvalue weighted by atomic mass is 10.00. The first-order chi connectivity index (χ1) is 11.1. The maximum absolute atomic E-state index is 12.4. The Hall–Kier alpha value is -1.82. The minimum Gasteiger partial charge on any atom is -0.396 e. The van der Waals surface area contributed by atoms with E-state index in [1.165, 1.54) is 12.8 Å². The molecule has 6 nitrogen and oxygen atoms in total. The van der Waals surface area contributed by atoms with Crippen molar-refractivity contribution in [2.45, 2.75) is 26.7 Å². The van der Waals surface area contributed by atoms with Gasteiger partial charge in [-0.15, -0.1) is 0 Å². The number of nitrogens with one attached hydrogen (secondary N) is 1. The van der Waals surface area contributed by atoms with E-state index in [0.717, 1.165) is 30.3 Å². The summed E-state index contributed by atoms with van der Waals surface area (Å²) in [7, 11) is 0. The highest BCUT2D eigenvalue weighted by Crippen LogP contribution is 2.25. The fourth-order valence-corrected chi connectivity index (χ4v) is 3.43. The largest absolute Gasteiger partial charge is 0.396 e. The van der Waals surface area contributed by atoms with E-state index in [4.69, 9.17) is 0 Å². The van der Waals surface area contributed by atoms with Gasteiger partial charge in [0.25, 0.3) is 0 Å². The number of carbonyl (C=O) groups is 1. The molecule has 0 aromatic carbocycles. The van der Waals surface area contributed by atoms with Crippen LogP contribution in [0.4, 0.5) is 16.3 Å². The number of aromatic nitrogens is 1. The van der Waals surface area contributed by atoms with Gasteiger partial charge in [0, 0.05) is 38.7 Å². The number of amides is 2. The summed E-state index contributed by atoms with van der Waals surface area (Å²) in [6.07, 6.45) is 2.44. The Morgan fingerprint density at radius 3 is 2.70 bits per heavy atom. The highest BCUT2D eigenvalue weighted by Gasteiger charge is 2.32. The highest BCUT2D eigenvalue weighted by molar-refractivity contribution is 5.90. The number of pyridine rings is 1. The van der Waals surface area contributed by atoms with Gasteiger partial charge in [-0.25, -0.2) is 9.78 Å². The first-order valence-electron chi connectivity index (χ1n) is 8.48. The number of aliphatic hydroxyl groups excluding tert-OH is 1. The molecule has 2 aliphatic heterocycles. The Labute approximate surface area is 137 Å². The van der Waals surface area contributed by atoms with Gasteiger partial charge in [-0.1, -0.05) is 6.92 Å². The molecule has 3 heterocycles. The van der Waals surface area contributed by atoms with Crippen molar-refractivity contribution in [2.75, 3.05) is 43.0 Å². The standard InChI is InChI=1S/C17H26N4O2/c1-12-9-21(10-14(12)11-22)17(23)19-15-5-6-16(18-13(15)2)20-7-3-4-8-20/h5-6,12,14,22H,3-4,7-11H2,1-2H3,(H,19,23)/t12-,14+/m1/s1. The summed E-state index contributed by atoms with van der Waals surface area (Å²) in [5.74, 6) is 1.51. The van der Waals surface area contributed by atoms with Crippen molar-refractivity contribution in [3.05, 3.63) is 17.8 Å². The predicted molar refractivity (Wildman–Crippen MR) is 90.8 cm³/mol. The highest BCUT2D eigenvalue weighted by atomic mass is 16.3. The fourth-order valence-electron chi connectivity index (χ4n) is 3.43. The molecule has 0 unspecified atom stereocenters. The van der Waals surface area contributed by atoms with Crippen LogP contribution in [0.25, 0.3) is 0 Å². The number of aliphatic hydroxyl groups is 1. The van der Waals surface area contributed by atoms with Crippen molar-refractivity contribution < 1.29 is 9.90 Å². The molecule has 2 atom stereocenters. The molecule has 0 bridgehead atoms. The van der Waals surface area contributed by atoms with Gasteiger partial charge >= 0.3 is 6.03 Å². The van der Waals surface area contributed by atoms with E-state index in [-0.39, 0.29) is 18.6 Å². The molecule has 1 aromatic heterocycles. The van der Waals surface area contributed by atoms with E-state index in [0.29, 0.717) is 19.0 Å². The molecule has 0 radical (unpaired) electrons. The monoisotopic (exact) mass is 318 g/mol. The Morgan fingerprint density at radius 1 is 1.35 bits per heavy atom. The van der Waals surface area contributed by atoms with Crippen LogP contribution in [0.3, 0.4) is 0 Å². The average molecular weight is 318 g/mol. The normalized spacial score (nSPS) is 24.3. The topological polar surface area (TPSA) is 68.7 Å². The van der Waals surface area contributed by atoms with Crippen LogP contribution < -0.4 is 10.2 Å². The lowest BCUT2D eigenvalue weighted by molar-refractivity contribution is 0.202. The second-order valence-corrected chi connectivity index (χ2v) is 6.75. The Morgan fingerprint density at radius 2 is 2.09 bits per heavy atom. The second-order valence-electron chi connectivity index (χ2n) is 6.75. The maximum Gasteiger partial charge on any atom is 0.321 e. The van der Waals surface area contributed by atoms with E-state index in [2.05, 4.69) is 22.1 Å². The zero-order chi connectivity index (χ0) is 16.4. The van der Waals surface area contributed by atoms with Crippen molar-refractivity contribution in [2.24, 2.45) is 11.8 Å². The molecule has 6 heteroatoms. The lowest BCUT2D eigenvalue weighted by Crippen LogP contribution is -2.33. The van der Waals surface area contributed by atoms with Gasteiger partial charge in [-0.2, -0.15) is 0 Å². The molecule has 2 N–H and O–H groups in total. The molecule has 0 aliphatic carbocycles. The van der Waals surface area contributed by atoms with Crippen LogP contribution >= 0.6 is 0 Å². The van der Waals surface area contributed by atoms with Crippen LogP contribution in [-0.4, -0.2) is 53.8 Å². The second kappa shape index (κ2) is 6.74. The number of rotatable bonds is 3. The van der Waals surface area contributed by atoms with E-state index in [9.17, 15) is 9.90 Å². The van der Waals surface area contributed by atoms with Gasteiger partial charge in [0.1, 0.15) is 5.82 Å². The molecule has 3 rings (SSSR count). The quantitative estimate of drug-likeness (QED) is 0.895. The zero-order valence-corrected chi connectivity index (χ0v) is 14.0. The van der Waals surface area contributed by atoms with Gasteiger partial charge in [-0.3, -0.25) is 0 Å². The SMILES string of the molecule is Cc1nc(N2CCCC2)ccc1NC(=O)N1C[C@@H](CO)[C@H](C)C1. The minimum atomic E-state index is -0.105. The van der Waals surface area contributed by atoms with Crippen LogP contribution in [0.15, 0.2) is 12.1 Å². The van der Waals surface area contributed by atoms with E-state index < -0.39 is 0 Å². The van der Waals surface area contributed by atoms with Gasteiger partial charge in [0.05, 0.1) is 11.4 Å². The van der Waals surface area contributed by atoms with Crippen LogP contribution in [0, 0.1) is 18.8 Å². The molecule has 1 aromatic rings. The fraction of sp³-hybridized carbons (Fsp3) is 0.647. The van der Waals surface area contributed by atoms with Crippen molar-refractivity contribution >= 4 is 17.5 Å². The van der Waals surface area contributed by atoms with Crippen LogP contribution in [0.2, 0.25) is 0 Å². The number of likely N-dealkylation sites (tertiary alicyclic amines) is 1. The first-order valence-corrected chi connectivity index (χ1v) is 8.48. The van der Waals surface area contributed by atoms with Gasteiger partial charge in [0.2, 0.25) is 0 Å². The summed E-state index contributed by atoms with van der Waals surface area (Å²) in [4.78, 5) is 21.1. The molecule has 2 aliphatic rings. The Kier molecular flexibility index (Phi) is 4.71. The van der Waals surface area contributed by atoms with Gasteiger partial charge in [0.15, 0.2) is 0 Å². The van der Waals surface area contributed by atoms with E-state index in [1.54, 1.807) is 4.90 Å². The third kappa shape index (κ3) is 3.42. The molecule has 2 fully saturated rings. The predicted octanol–water partition coefficient (Wildman–Crippen LogP) is 2.08. The third-order valence-corrected chi connectivity index (χ3v) is 5.03. The Balaban J connectivity index is 1.64. The number of nitrogens with zero attached hydrogens (tertiary/aromatic N) is 3. The van der Waals surface area contributed by atoms with Gasteiger partial charge in [-0.05, 0) is 37.8 Å². The van der Waals surface area contributed by atoms with Crippen molar-refractivity contribution in [3.63, 3.8) is 0 Å². The molecule has 2 saturated heterocycles. The molecule has 23 heavy (non-hydrogen) atoms. The number of anilines is 2. The van der Waals surface area contributed by atoms with E-state index >= 15 is 0 Å². The van der Waals surface area contributed by atoms with Crippen LogP contribution in [0.1, 0.15) is 25.5 Å². The summed E-state index contributed by atoms with van der Waals surface area (Å²) < 4.78 is 0. The van der Waals surface area contributed by atoms with Crippen molar-refractivity contribution in [1.82, 2.24) is 9.88 Å². The number of carbonyl (C=O) groups excluding carboxylic acids is 1. The maximum atomic E-state index is 12.4. The van der Waals surface area contributed by atoms with Crippen LogP contribution in [-0.2, 0) is 0 Å². The molecule has 2 amide bonds. The summed E-state index contributed by atoms with van der Waals surface area (Å²) in [6.45, 7) is 7.57. The number of hydrogen-bond donors (Lipinski definition) is 2. The smallest absolute Gasteiger partial charge is 0.321 e. The number of hydrogen-bond acceptors (Lipinski definition) is 4. The summed E-state index contributed by atoms with van der Waals surface area (Å²) in [5, 5.41) is 12.3. The molecule has 0 spiro atoms. The molecular weight excluding hydrogens is 292 g/mol. The summed E-state index contributed by atoms with van der Waals surface area (Å²) in [5.41, 5.74) is 1.60. The number of urea groups is 1. The lowest BCUT2D eigenvalue weighted by Gasteiger charge is -2.20. The van der Waals surface area contributed by atoms with Gasteiger partial charge < -0.3 is 20.2 Å². The Bertz CT molecular complexity index is 572. The third-order valence-electron chi connectivity index (χ3n) is 5.03. The van der Waals surface area contributed by atoms with Crippen molar-refractivity contribution in [1.29, 1.82) is 0 Å². The minimum absolute atomic E-state index is 0.105. The molecular formula is C17H26N4O2. The van der Waals surface area contributed by atoms with Crippen LogP contribution in [0.5, 0.6) is 0 Å². The van der Waals surface area contributed by atoms with Crippen molar-refractivity contribution in [3.8, 4) is 0 Å². The molecule has 126 valence electrons.